The number of hydrogen-bond donors (Lipinski definition) is 1. The number of β-amino-alcohol motifs (C(OH)–C–C–N with tert-alkyl or cyclic N) is 1. The van der Waals surface area contributed by atoms with Crippen LogP contribution in [0.2, 0.25) is 0 Å². The van der Waals surface area contributed by atoms with E-state index in [1.807, 2.05) is 43.9 Å². The van der Waals surface area contributed by atoms with Crippen LogP contribution in [0.1, 0.15) is 27.2 Å². The first-order valence-electron chi connectivity index (χ1n) is 10.9. The number of hydrogen-bond acceptors (Lipinski definition) is 5. The molecule has 1 N–H and O–H groups in total. The van der Waals surface area contributed by atoms with Crippen molar-refractivity contribution in [2.75, 3.05) is 32.8 Å². The lowest BCUT2D eigenvalue weighted by molar-refractivity contribution is -0.145. The molecule has 0 aromatic carbocycles. The molecule has 4 heterocycles. The number of likely N-dealkylation sites (tertiary alicyclic amines) is 1. The number of rotatable bonds is 5. The minimum Gasteiger partial charge on any atom is -0.395 e. The lowest BCUT2D eigenvalue weighted by atomic mass is 9.78. The van der Waals surface area contributed by atoms with Crippen molar-refractivity contribution in [3.63, 3.8) is 0 Å². The van der Waals surface area contributed by atoms with E-state index in [9.17, 15) is 19.5 Å². The summed E-state index contributed by atoms with van der Waals surface area (Å²) in [6.45, 7) is 7.58. The van der Waals surface area contributed by atoms with Gasteiger partial charge in [0.25, 0.3) is 0 Å². The van der Waals surface area contributed by atoms with E-state index in [1.165, 1.54) is 4.90 Å². The van der Waals surface area contributed by atoms with Gasteiger partial charge in [-0.3, -0.25) is 14.4 Å². The Balaban J connectivity index is 1.81. The van der Waals surface area contributed by atoms with Crippen molar-refractivity contribution in [2.45, 2.75) is 49.3 Å². The summed E-state index contributed by atoms with van der Waals surface area (Å²) in [5, 5.41) is 9.51. The van der Waals surface area contributed by atoms with Gasteiger partial charge >= 0.3 is 0 Å². The third-order valence-electron chi connectivity index (χ3n) is 6.73. The number of aliphatic hydroxyl groups excluding tert-OH is 1. The molecule has 4 aliphatic rings. The van der Waals surface area contributed by atoms with Crippen LogP contribution in [0.15, 0.2) is 24.3 Å². The third-order valence-corrected chi connectivity index (χ3v) is 8.48. The van der Waals surface area contributed by atoms with Crippen molar-refractivity contribution in [3.8, 4) is 0 Å². The van der Waals surface area contributed by atoms with Gasteiger partial charge in [0.1, 0.15) is 6.04 Å². The number of carbonyl (C=O) groups excluding carboxylic acids is 3. The average Bonchev–Trinajstić information content (AvgIpc) is 3.00. The molecular formula is C22H31N3O4S. The van der Waals surface area contributed by atoms with E-state index in [4.69, 9.17) is 0 Å². The molecule has 0 bridgehead atoms. The van der Waals surface area contributed by atoms with Crippen LogP contribution in [0.25, 0.3) is 0 Å². The Hall–Kier alpha value is -1.80. The van der Waals surface area contributed by atoms with Crippen molar-refractivity contribution >= 4 is 29.5 Å². The maximum Gasteiger partial charge on any atom is 0.247 e. The molecule has 0 radical (unpaired) electrons. The molecule has 7 nitrogen and oxygen atoms in total. The Kier molecular flexibility index (Phi) is 5.74. The van der Waals surface area contributed by atoms with Gasteiger partial charge < -0.3 is 19.8 Å². The summed E-state index contributed by atoms with van der Waals surface area (Å²) in [6.07, 6.45) is 8.94. The third kappa shape index (κ3) is 3.02. The molecule has 4 rings (SSSR count). The molecule has 0 aliphatic carbocycles. The van der Waals surface area contributed by atoms with Gasteiger partial charge in [0, 0.05) is 37.5 Å². The Morgan fingerprint density at radius 2 is 1.90 bits per heavy atom. The van der Waals surface area contributed by atoms with E-state index in [0.717, 1.165) is 6.42 Å². The zero-order valence-corrected chi connectivity index (χ0v) is 18.7. The van der Waals surface area contributed by atoms with Gasteiger partial charge in [-0.05, 0) is 20.3 Å². The van der Waals surface area contributed by atoms with E-state index in [-0.39, 0.29) is 42.2 Å². The summed E-state index contributed by atoms with van der Waals surface area (Å²) < 4.78 is -0.780. The van der Waals surface area contributed by atoms with E-state index in [0.29, 0.717) is 19.6 Å². The molecule has 8 heteroatoms. The van der Waals surface area contributed by atoms with E-state index < -0.39 is 22.6 Å². The van der Waals surface area contributed by atoms with Crippen LogP contribution < -0.4 is 0 Å². The molecule has 0 saturated carbocycles. The highest BCUT2D eigenvalue weighted by molar-refractivity contribution is 8.02. The highest BCUT2D eigenvalue weighted by Crippen LogP contribution is 2.61. The molecule has 2 fully saturated rings. The highest BCUT2D eigenvalue weighted by Gasteiger charge is 2.70. The fourth-order valence-corrected chi connectivity index (χ4v) is 7.50. The molecule has 164 valence electrons. The van der Waals surface area contributed by atoms with Gasteiger partial charge in [-0.15, -0.1) is 11.8 Å². The average molecular weight is 434 g/mol. The van der Waals surface area contributed by atoms with E-state index in [2.05, 4.69) is 6.08 Å². The molecule has 1 spiro atoms. The minimum atomic E-state index is -0.780. The van der Waals surface area contributed by atoms with Gasteiger partial charge in [-0.25, -0.2) is 0 Å². The van der Waals surface area contributed by atoms with Crippen molar-refractivity contribution in [2.24, 2.45) is 11.8 Å². The number of amides is 3. The molecular weight excluding hydrogens is 402 g/mol. The second kappa shape index (κ2) is 8.04. The minimum absolute atomic E-state index is 0.000817. The Bertz CT molecular complexity index is 797. The second-order valence-electron chi connectivity index (χ2n) is 8.80. The number of carbonyl (C=O) groups is 3. The van der Waals surface area contributed by atoms with Crippen LogP contribution in [0.4, 0.5) is 0 Å². The standard InChI is InChI=1S/C22H31N3O4S/c1-4-9-23-10-5-7-15-16(19(23)27)17-20(28)25(12-13-26)18-21(29)24(14(2)3)11-6-8-22(17,18)30-15/h5-8,14-18,26H,4,9-13H2,1-3H3/t15-,16+,17-,18?,22-/m0/s1. The first kappa shape index (κ1) is 21.4. The quantitative estimate of drug-likeness (QED) is 0.652. The molecule has 5 atom stereocenters. The summed E-state index contributed by atoms with van der Waals surface area (Å²) in [5.41, 5.74) is 0. The van der Waals surface area contributed by atoms with Gasteiger partial charge in [0.15, 0.2) is 0 Å². The number of aliphatic hydroxyl groups is 1. The summed E-state index contributed by atoms with van der Waals surface area (Å²) in [4.78, 5) is 46.0. The van der Waals surface area contributed by atoms with Crippen LogP contribution in [0.3, 0.4) is 0 Å². The van der Waals surface area contributed by atoms with Crippen LogP contribution >= 0.6 is 11.8 Å². The Morgan fingerprint density at radius 3 is 2.57 bits per heavy atom. The maximum atomic E-state index is 13.7. The smallest absolute Gasteiger partial charge is 0.247 e. The molecule has 4 aliphatic heterocycles. The first-order valence-corrected chi connectivity index (χ1v) is 11.8. The predicted octanol–water partition coefficient (Wildman–Crippen LogP) is 0.891. The molecule has 0 aromatic heterocycles. The fourth-order valence-electron chi connectivity index (χ4n) is 5.49. The second-order valence-corrected chi connectivity index (χ2v) is 10.3. The molecule has 2 saturated heterocycles. The molecule has 0 aromatic rings. The highest BCUT2D eigenvalue weighted by atomic mass is 32.2. The molecule has 30 heavy (non-hydrogen) atoms. The predicted molar refractivity (Wildman–Crippen MR) is 116 cm³/mol. The number of thioether (sulfide) groups is 1. The van der Waals surface area contributed by atoms with Crippen molar-refractivity contribution in [1.82, 2.24) is 14.7 Å². The zero-order chi connectivity index (χ0) is 21.6. The van der Waals surface area contributed by atoms with E-state index >= 15 is 0 Å². The fraction of sp³-hybridized carbons (Fsp3) is 0.682. The monoisotopic (exact) mass is 433 g/mol. The van der Waals surface area contributed by atoms with Crippen LogP contribution in [-0.4, -0.2) is 92.4 Å². The van der Waals surface area contributed by atoms with Crippen molar-refractivity contribution < 1.29 is 19.5 Å². The summed E-state index contributed by atoms with van der Waals surface area (Å²) >= 11 is 1.59. The van der Waals surface area contributed by atoms with Crippen LogP contribution in [0, 0.1) is 11.8 Å². The molecule has 1 unspecified atom stereocenters. The lowest BCUT2D eigenvalue weighted by Crippen LogP contribution is -2.54. The first-order chi connectivity index (χ1) is 14.4. The van der Waals surface area contributed by atoms with Crippen LogP contribution in [0.5, 0.6) is 0 Å². The van der Waals surface area contributed by atoms with Gasteiger partial charge in [0.05, 0.1) is 23.2 Å². The largest absolute Gasteiger partial charge is 0.395 e. The SMILES string of the molecule is CCCN1CC=C[C@@H]2S[C@]34C=CCN(C(C)C)C(=O)C3N(CCO)C(=O)[C@@H]4[C@@H]2C1=O. The lowest BCUT2D eigenvalue weighted by Gasteiger charge is -2.36. The van der Waals surface area contributed by atoms with Gasteiger partial charge in [-0.1, -0.05) is 31.2 Å². The molecule has 3 amide bonds. The van der Waals surface area contributed by atoms with Gasteiger partial charge in [0.2, 0.25) is 17.7 Å². The number of nitrogens with zero attached hydrogens (tertiary/aromatic N) is 3. The van der Waals surface area contributed by atoms with Crippen LogP contribution in [-0.2, 0) is 14.4 Å². The van der Waals surface area contributed by atoms with Crippen molar-refractivity contribution in [1.29, 1.82) is 0 Å². The maximum absolute atomic E-state index is 13.7. The topological polar surface area (TPSA) is 81.2 Å². The normalized spacial score (nSPS) is 35.6. The summed E-state index contributed by atoms with van der Waals surface area (Å²) in [6, 6.07) is -0.693. The zero-order valence-electron chi connectivity index (χ0n) is 17.9. The number of fused-ring (bicyclic) bond motifs is 2. The Labute approximate surface area is 182 Å². The van der Waals surface area contributed by atoms with Gasteiger partial charge in [-0.2, -0.15) is 0 Å². The van der Waals surface area contributed by atoms with E-state index in [1.54, 1.807) is 16.7 Å². The summed E-state index contributed by atoms with van der Waals surface area (Å²) in [5.74, 6) is -1.35. The Morgan fingerprint density at radius 1 is 1.13 bits per heavy atom. The van der Waals surface area contributed by atoms with Crippen molar-refractivity contribution in [3.05, 3.63) is 24.3 Å². The summed E-state index contributed by atoms with van der Waals surface area (Å²) in [7, 11) is 0.